The molecule has 1 aromatic rings. The number of hydrogen-bond acceptors (Lipinski definition) is 3. The number of likely N-dealkylation sites (tertiary alicyclic amines) is 1. The number of rotatable bonds is 3. The largest absolute Gasteiger partial charge is 0.332 e. The monoisotopic (exact) mass is 275 g/mol. The van der Waals surface area contributed by atoms with Gasteiger partial charge >= 0.3 is 12.1 Å². The zero-order chi connectivity index (χ0) is 14.4. The first-order chi connectivity index (χ1) is 9.74. The number of imide groups is 1. The molecule has 1 N–H and O–H groups in total. The molecule has 1 aliphatic heterocycles. The van der Waals surface area contributed by atoms with Crippen LogP contribution in [0, 0.1) is 0 Å². The summed E-state index contributed by atoms with van der Waals surface area (Å²) in [6, 6.07) is 7.77. The quantitative estimate of drug-likeness (QED) is 0.852. The average molecular weight is 275 g/mol. The Kier molecular flexibility index (Phi) is 4.70. The van der Waals surface area contributed by atoms with E-state index in [9.17, 15) is 14.4 Å². The zero-order valence-electron chi connectivity index (χ0n) is 11.1. The van der Waals surface area contributed by atoms with Gasteiger partial charge in [-0.05, 0) is 25.0 Å². The van der Waals surface area contributed by atoms with Gasteiger partial charge in [0.05, 0.1) is 12.2 Å². The van der Waals surface area contributed by atoms with Crippen molar-refractivity contribution in [3.8, 4) is 0 Å². The molecule has 0 aromatic heterocycles. The Bertz CT molecular complexity index is 484. The van der Waals surface area contributed by atoms with E-state index in [2.05, 4.69) is 5.32 Å². The number of aldehydes is 1. The number of anilines is 1. The van der Waals surface area contributed by atoms with E-state index in [0.717, 1.165) is 17.7 Å². The molecule has 1 heterocycles. The molecule has 1 aromatic carbocycles. The van der Waals surface area contributed by atoms with Crippen LogP contribution >= 0.6 is 0 Å². The van der Waals surface area contributed by atoms with E-state index in [-0.39, 0.29) is 12.6 Å². The minimum Gasteiger partial charge on any atom is -0.330 e. The maximum Gasteiger partial charge on any atom is 0.332 e. The van der Waals surface area contributed by atoms with Crippen LogP contribution in [0.2, 0.25) is 0 Å². The van der Waals surface area contributed by atoms with Crippen LogP contribution < -0.4 is 10.2 Å². The Balaban J connectivity index is 2.21. The third-order valence-electron chi connectivity index (χ3n) is 3.12. The molecule has 0 saturated carbocycles. The molecule has 0 aliphatic carbocycles. The van der Waals surface area contributed by atoms with Crippen molar-refractivity contribution in [3.63, 3.8) is 0 Å². The van der Waals surface area contributed by atoms with Gasteiger partial charge in [0.25, 0.3) is 0 Å². The fourth-order valence-corrected chi connectivity index (χ4v) is 2.15. The van der Waals surface area contributed by atoms with Gasteiger partial charge in [-0.15, -0.1) is 0 Å². The second-order valence-corrected chi connectivity index (χ2v) is 4.50. The van der Waals surface area contributed by atoms with Gasteiger partial charge in [0.1, 0.15) is 6.29 Å². The lowest BCUT2D eigenvalue weighted by molar-refractivity contribution is -0.107. The first kappa shape index (κ1) is 14.0. The molecule has 0 bridgehead atoms. The van der Waals surface area contributed by atoms with Gasteiger partial charge in [-0.1, -0.05) is 18.2 Å². The summed E-state index contributed by atoms with van der Waals surface area (Å²) in [6.07, 6.45) is 2.48. The molecule has 6 nitrogen and oxygen atoms in total. The van der Waals surface area contributed by atoms with Gasteiger partial charge < -0.3 is 15.0 Å². The van der Waals surface area contributed by atoms with Crippen LogP contribution in [0.15, 0.2) is 30.3 Å². The van der Waals surface area contributed by atoms with Gasteiger partial charge in [-0.2, -0.15) is 0 Å². The van der Waals surface area contributed by atoms with Crippen LogP contribution in [0.1, 0.15) is 12.8 Å². The highest BCUT2D eigenvalue weighted by Crippen LogP contribution is 2.18. The molecular weight excluding hydrogens is 258 g/mol. The lowest BCUT2D eigenvalue weighted by atomic mass is 10.3. The molecule has 1 saturated heterocycles. The minimum atomic E-state index is -0.583. The molecule has 0 atom stereocenters. The summed E-state index contributed by atoms with van der Waals surface area (Å²) in [4.78, 5) is 37.7. The van der Waals surface area contributed by atoms with E-state index in [0.29, 0.717) is 25.1 Å². The zero-order valence-corrected chi connectivity index (χ0v) is 11.1. The van der Waals surface area contributed by atoms with Crippen LogP contribution in [0.5, 0.6) is 0 Å². The van der Waals surface area contributed by atoms with Gasteiger partial charge in [0.15, 0.2) is 0 Å². The number of carbonyl (C=O) groups excluding carboxylic acids is 3. The standard InChI is InChI=1S/C14H17N3O3/c18-11-8-15-13(19)17(12-6-2-1-3-7-12)14(20)16-9-4-5-10-16/h1-3,6-7,11H,4-5,8-10H2,(H,15,19). The highest BCUT2D eigenvalue weighted by atomic mass is 16.2. The second kappa shape index (κ2) is 6.70. The van der Waals surface area contributed by atoms with Crippen molar-refractivity contribution in [1.29, 1.82) is 0 Å². The number of para-hydroxylation sites is 1. The van der Waals surface area contributed by atoms with Crippen molar-refractivity contribution >= 4 is 24.0 Å². The Morgan fingerprint density at radius 2 is 1.85 bits per heavy atom. The molecule has 1 fully saturated rings. The number of nitrogens with one attached hydrogen (secondary N) is 1. The van der Waals surface area contributed by atoms with Crippen molar-refractivity contribution in [2.75, 3.05) is 24.5 Å². The first-order valence-electron chi connectivity index (χ1n) is 6.59. The third-order valence-corrected chi connectivity index (χ3v) is 3.12. The Hall–Kier alpha value is -2.37. The third kappa shape index (κ3) is 3.14. The van der Waals surface area contributed by atoms with Crippen molar-refractivity contribution in [2.45, 2.75) is 12.8 Å². The minimum absolute atomic E-state index is 0.116. The highest BCUT2D eigenvalue weighted by molar-refractivity contribution is 6.13. The molecule has 1 aliphatic rings. The summed E-state index contributed by atoms with van der Waals surface area (Å²) in [5, 5.41) is 2.41. The van der Waals surface area contributed by atoms with Crippen LogP contribution in [0.3, 0.4) is 0 Å². The first-order valence-corrected chi connectivity index (χ1v) is 6.59. The van der Waals surface area contributed by atoms with Crippen LogP contribution in [0.25, 0.3) is 0 Å². The summed E-state index contributed by atoms with van der Waals surface area (Å²) in [5.41, 5.74) is 0.493. The van der Waals surface area contributed by atoms with E-state index < -0.39 is 6.03 Å². The number of hydrogen-bond donors (Lipinski definition) is 1. The van der Waals surface area contributed by atoms with Crippen LogP contribution in [-0.4, -0.2) is 42.9 Å². The van der Waals surface area contributed by atoms with Crippen molar-refractivity contribution in [3.05, 3.63) is 30.3 Å². The number of nitrogens with zero attached hydrogens (tertiary/aromatic N) is 2. The predicted molar refractivity (Wildman–Crippen MR) is 74.6 cm³/mol. The normalized spacial score (nSPS) is 13.9. The summed E-state index contributed by atoms with van der Waals surface area (Å²) >= 11 is 0. The van der Waals surface area contributed by atoms with E-state index in [4.69, 9.17) is 0 Å². The fraction of sp³-hybridized carbons (Fsp3) is 0.357. The smallest absolute Gasteiger partial charge is 0.330 e. The van der Waals surface area contributed by atoms with Crippen molar-refractivity contribution in [1.82, 2.24) is 10.2 Å². The lowest BCUT2D eigenvalue weighted by Crippen LogP contribution is -2.50. The van der Waals surface area contributed by atoms with Gasteiger partial charge in [-0.25, -0.2) is 14.5 Å². The fourth-order valence-electron chi connectivity index (χ4n) is 2.15. The topological polar surface area (TPSA) is 69.7 Å². The molecular formula is C14H17N3O3. The Labute approximate surface area is 117 Å². The van der Waals surface area contributed by atoms with E-state index >= 15 is 0 Å². The number of amides is 4. The molecule has 4 amide bonds. The predicted octanol–water partition coefficient (Wildman–Crippen LogP) is 1.62. The van der Waals surface area contributed by atoms with Gasteiger partial charge in [-0.3, -0.25) is 0 Å². The van der Waals surface area contributed by atoms with Gasteiger partial charge in [0, 0.05) is 13.1 Å². The molecule has 106 valence electrons. The molecule has 0 unspecified atom stereocenters. The highest BCUT2D eigenvalue weighted by Gasteiger charge is 2.29. The summed E-state index contributed by atoms with van der Waals surface area (Å²) in [5.74, 6) is 0. The summed E-state index contributed by atoms with van der Waals surface area (Å²) < 4.78 is 0. The van der Waals surface area contributed by atoms with Crippen molar-refractivity contribution < 1.29 is 14.4 Å². The maximum absolute atomic E-state index is 12.5. The molecule has 20 heavy (non-hydrogen) atoms. The molecule has 6 heteroatoms. The SMILES string of the molecule is O=CCNC(=O)N(C(=O)N1CCCC1)c1ccccc1. The Morgan fingerprint density at radius 3 is 2.45 bits per heavy atom. The number of benzene rings is 1. The number of urea groups is 2. The summed E-state index contributed by atoms with van der Waals surface area (Å²) in [6.45, 7) is 1.20. The van der Waals surface area contributed by atoms with E-state index in [1.54, 1.807) is 29.2 Å². The summed E-state index contributed by atoms with van der Waals surface area (Å²) in [7, 11) is 0. The Morgan fingerprint density at radius 1 is 1.20 bits per heavy atom. The van der Waals surface area contributed by atoms with E-state index in [1.807, 2.05) is 6.07 Å². The lowest BCUT2D eigenvalue weighted by Gasteiger charge is -2.26. The average Bonchev–Trinajstić information content (AvgIpc) is 3.00. The molecule has 2 rings (SSSR count). The van der Waals surface area contributed by atoms with Crippen LogP contribution in [0.4, 0.5) is 15.3 Å². The molecule has 0 radical (unpaired) electrons. The van der Waals surface area contributed by atoms with Crippen LogP contribution in [-0.2, 0) is 4.79 Å². The maximum atomic E-state index is 12.5. The second-order valence-electron chi connectivity index (χ2n) is 4.50. The number of carbonyl (C=O) groups is 3. The van der Waals surface area contributed by atoms with E-state index in [1.165, 1.54) is 0 Å². The van der Waals surface area contributed by atoms with Gasteiger partial charge in [0.2, 0.25) is 0 Å². The molecule has 0 spiro atoms. The van der Waals surface area contributed by atoms with Crippen molar-refractivity contribution in [2.24, 2.45) is 0 Å².